The van der Waals surface area contributed by atoms with E-state index < -0.39 is 23.8 Å². The van der Waals surface area contributed by atoms with Gasteiger partial charge in [-0.3, -0.25) is 9.59 Å². The van der Waals surface area contributed by atoms with Crippen molar-refractivity contribution in [2.75, 3.05) is 0 Å². The summed E-state index contributed by atoms with van der Waals surface area (Å²) >= 11 is 0. The van der Waals surface area contributed by atoms with Crippen molar-refractivity contribution in [1.29, 1.82) is 0 Å². The molecule has 4 unspecified atom stereocenters. The van der Waals surface area contributed by atoms with Gasteiger partial charge in [0.15, 0.2) is 0 Å². The van der Waals surface area contributed by atoms with Crippen LogP contribution in [0.2, 0.25) is 0 Å². The molecule has 206 valence electrons. The van der Waals surface area contributed by atoms with Crippen LogP contribution in [0.5, 0.6) is 0 Å². The van der Waals surface area contributed by atoms with Crippen LogP contribution in [0.15, 0.2) is 24.3 Å². The van der Waals surface area contributed by atoms with Crippen LogP contribution < -0.4 is 10.6 Å². The quantitative estimate of drug-likeness (QED) is 0.446. The van der Waals surface area contributed by atoms with Crippen molar-refractivity contribution in [1.82, 2.24) is 15.5 Å². The van der Waals surface area contributed by atoms with E-state index in [0.717, 1.165) is 43.2 Å². The molecule has 37 heavy (non-hydrogen) atoms. The van der Waals surface area contributed by atoms with Crippen molar-refractivity contribution in [3.8, 4) is 0 Å². The molecule has 1 aromatic carbocycles. The predicted molar refractivity (Wildman–Crippen MR) is 146 cm³/mol. The van der Waals surface area contributed by atoms with Gasteiger partial charge in [-0.25, -0.2) is 4.79 Å². The summed E-state index contributed by atoms with van der Waals surface area (Å²) in [7, 11) is 0. The third-order valence-electron chi connectivity index (χ3n) is 7.25. The molecular formula is C30H47N3O4. The molecule has 7 nitrogen and oxygen atoms in total. The third kappa shape index (κ3) is 8.47. The van der Waals surface area contributed by atoms with E-state index in [2.05, 4.69) is 17.6 Å². The van der Waals surface area contributed by atoms with E-state index in [1.807, 2.05) is 45.0 Å². The van der Waals surface area contributed by atoms with Gasteiger partial charge in [-0.15, -0.1) is 0 Å². The highest BCUT2D eigenvalue weighted by molar-refractivity contribution is 5.92. The number of rotatable bonds is 9. The molecule has 1 aromatic rings. The van der Waals surface area contributed by atoms with Crippen molar-refractivity contribution in [2.45, 2.75) is 123 Å². The lowest BCUT2D eigenvalue weighted by Crippen LogP contribution is -2.55. The van der Waals surface area contributed by atoms with Gasteiger partial charge in [0.05, 0.1) is 0 Å². The van der Waals surface area contributed by atoms with Gasteiger partial charge >= 0.3 is 6.09 Å². The Morgan fingerprint density at radius 1 is 1.05 bits per heavy atom. The maximum atomic E-state index is 14.3. The summed E-state index contributed by atoms with van der Waals surface area (Å²) in [6.45, 7) is 13.6. The van der Waals surface area contributed by atoms with Crippen LogP contribution in [0.1, 0.15) is 104 Å². The Morgan fingerprint density at radius 2 is 1.65 bits per heavy atom. The zero-order valence-electron chi connectivity index (χ0n) is 23.8. The highest BCUT2D eigenvalue weighted by Gasteiger charge is 2.48. The molecule has 4 atom stereocenters. The lowest BCUT2D eigenvalue weighted by Gasteiger charge is -2.36. The summed E-state index contributed by atoms with van der Waals surface area (Å²) < 4.78 is 5.48. The summed E-state index contributed by atoms with van der Waals surface area (Å²) in [6, 6.07) is 6.43. The van der Waals surface area contributed by atoms with Gasteiger partial charge in [0.1, 0.15) is 17.7 Å². The molecular weight excluding hydrogens is 466 g/mol. The maximum absolute atomic E-state index is 14.3. The monoisotopic (exact) mass is 513 g/mol. The van der Waals surface area contributed by atoms with Crippen LogP contribution >= 0.6 is 0 Å². The van der Waals surface area contributed by atoms with Crippen molar-refractivity contribution in [3.05, 3.63) is 35.4 Å². The smallest absolute Gasteiger partial charge is 0.408 e. The van der Waals surface area contributed by atoms with Crippen LogP contribution in [0.3, 0.4) is 0 Å². The van der Waals surface area contributed by atoms with Crippen LogP contribution in [0, 0.1) is 18.8 Å². The second-order valence-corrected chi connectivity index (χ2v) is 12.5. The topological polar surface area (TPSA) is 87.7 Å². The Hall–Kier alpha value is -2.57. The lowest BCUT2D eigenvalue weighted by atomic mass is 9.94. The largest absolute Gasteiger partial charge is 0.444 e. The summed E-state index contributed by atoms with van der Waals surface area (Å²) in [5, 5.41) is 6.11. The molecule has 3 rings (SSSR count). The number of carbonyl (C=O) groups is 3. The predicted octanol–water partition coefficient (Wildman–Crippen LogP) is 5.66. The molecule has 0 spiro atoms. The molecule has 2 saturated carbocycles. The van der Waals surface area contributed by atoms with E-state index in [4.69, 9.17) is 4.74 Å². The molecule has 0 aliphatic heterocycles. The van der Waals surface area contributed by atoms with E-state index in [9.17, 15) is 14.4 Å². The molecule has 0 saturated heterocycles. The molecule has 3 amide bonds. The highest BCUT2D eigenvalue weighted by Crippen LogP contribution is 2.41. The number of carbonyl (C=O) groups excluding carboxylic acids is 3. The normalized spacial score (nSPS) is 21.6. The van der Waals surface area contributed by atoms with Gasteiger partial charge in [-0.2, -0.15) is 0 Å². The van der Waals surface area contributed by atoms with Crippen molar-refractivity contribution in [3.63, 3.8) is 0 Å². The first-order valence-corrected chi connectivity index (χ1v) is 14.0. The van der Waals surface area contributed by atoms with Crippen LogP contribution in [-0.4, -0.2) is 46.5 Å². The van der Waals surface area contributed by atoms with Crippen molar-refractivity contribution >= 4 is 17.9 Å². The fourth-order valence-corrected chi connectivity index (χ4v) is 5.21. The van der Waals surface area contributed by atoms with Crippen LogP contribution in [0.4, 0.5) is 4.79 Å². The standard InChI is InChI=1S/C30H47N3O4/c1-19(2)17-24(32-29(36)37-30(5,6)7)28(35)33(25-18-21(25)4)26(22-15-13-20(3)14-16-22)27(34)31-23-11-9-8-10-12-23/h13-16,19,21,23-26H,8-12,17-18H2,1-7H3,(H,31,34)(H,32,36). The first kappa shape index (κ1) is 29.0. The summed E-state index contributed by atoms with van der Waals surface area (Å²) in [4.78, 5) is 42.7. The maximum Gasteiger partial charge on any atom is 0.408 e. The van der Waals surface area contributed by atoms with E-state index >= 15 is 0 Å². The van der Waals surface area contributed by atoms with E-state index in [1.165, 1.54) is 6.42 Å². The second-order valence-electron chi connectivity index (χ2n) is 12.5. The number of benzene rings is 1. The van der Waals surface area contributed by atoms with Crippen LogP contribution in [0.25, 0.3) is 0 Å². The average Bonchev–Trinajstić information content (AvgIpc) is 3.52. The Balaban J connectivity index is 1.95. The Morgan fingerprint density at radius 3 is 2.16 bits per heavy atom. The number of hydrogen-bond acceptors (Lipinski definition) is 4. The summed E-state index contributed by atoms with van der Waals surface area (Å²) in [5.74, 6) is 0.0962. The first-order chi connectivity index (χ1) is 17.4. The van der Waals surface area contributed by atoms with Gasteiger partial charge in [0.2, 0.25) is 11.8 Å². The number of nitrogens with zero attached hydrogens (tertiary/aromatic N) is 1. The third-order valence-corrected chi connectivity index (χ3v) is 7.25. The van der Waals surface area contributed by atoms with E-state index in [0.29, 0.717) is 12.3 Å². The second kappa shape index (κ2) is 12.3. The van der Waals surface area contributed by atoms with Gasteiger partial charge in [-0.1, -0.05) is 69.9 Å². The summed E-state index contributed by atoms with van der Waals surface area (Å²) in [5.41, 5.74) is 1.22. The highest BCUT2D eigenvalue weighted by atomic mass is 16.6. The molecule has 2 aliphatic carbocycles. The Labute approximate surface area is 223 Å². The molecule has 0 bridgehead atoms. The number of amides is 3. The zero-order valence-corrected chi connectivity index (χ0v) is 23.8. The fourth-order valence-electron chi connectivity index (χ4n) is 5.21. The van der Waals surface area contributed by atoms with Crippen molar-refractivity contribution in [2.24, 2.45) is 11.8 Å². The Kier molecular flexibility index (Phi) is 9.65. The molecule has 2 fully saturated rings. The molecule has 2 aliphatic rings. The molecule has 2 N–H and O–H groups in total. The molecule has 0 heterocycles. The molecule has 0 radical (unpaired) electrons. The van der Waals surface area contributed by atoms with E-state index in [1.54, 1.807) is 25.7 Å². The number of ether oxygens (including phenoxy) is 1. The molecule has 7 heteroatoms. The summed E-state index contributed by atoms with van der Waals surface area (Å²) in [6.07, 6.45) is 6.04. The van der Waals surface area contributed by atoms with Gasteiger partial charge in [-0.05, 0) is 70.8 Å². The zero-order chi connectivity index (χ0) is 27.3. The Bertz CT molecular complexity index is 931. The minimum Gasteiger partial charge on any atom is -0.444 e. The van der Waals surface area contributed by atoms with Gasteiger partial charge < -0.3 is 20.3 Å². The SMILES string of the molecule is Cc1ccc(C(C(=O)NC2CCCCC2)N(C(=O)C(CC(C)C)NC(=O)OC(C)(C)C)C2CC2C)cc1. The fraction of sp³-hybridized carbons (Fsp3) is 0.700. The van der Waals surface area contributed by atoms with Gasteiger partial charge in [0, 0.05) is 12.1 Å². The minimum atomic E-state index is -0.780. The average molecular weight is 514 g/mol. The minimum absolute atomic E-state index is 0.0500. The first-order valence-electron chi connectivity index (χ1n) is 14.0. The van der Waals surface area contributed by atoms with Crippen LogP contribution in [-0.2, 0) is 14.3 Å². The van der Waals surface area contributed by atoms with E-state index in [-0.39, 0.29) is 29.8 Å². The number of hydrogen-bond donors (Lipinski definition) is 2. The van der Waals surface area contributed by atoms with Crippen molar-refractivity contribution < 1.29 is 19.1 Å². The number of aryl methyl sites for hydroxylation is 1. The number of alkyl carbamates (subject to hydrolysis) is 1. The number of nitrogens with one attached hydrogen (secondary N) is 2. The lowest BCUT2D eigenvalue weighted by molar-refractivity contribution is -0.144. The van der Waals surface area contributed by atoms with Gasteiger partial charge in [0.25, 0.3) is 0 Å². The molecule has 0 aromatic heterocycles.